The fraction of sp³-hybridized carbons (Fsp3) is 0.133. The smallest absolute Gasteiger partial charge is 0.155 e. The lowest BCUT2D eigenvalue weighted by atomic mass is 10.2. The normalized spacial score (nSPS) is 10.2. The fourth-order valence-corrected chi connectivity index (χ4v) is 1.90. The summed E-state index contributed by atoms with van der Waals surface area (Å²) in [6.07, 6.45) is 0.613. The first-order valence-corrected chi connectivity index (χ1v) is 6.22. The summed E-state index contributed by atoms with van der Waals surface area (Å²) < 4.78 is 24.1. The van der Waals surface area contributed by atoms with E-state index < -0.39 is 5.82 Å². The maximum Gasteiger partial charge on any atom is 0.155 e. The van der Waals surface area contributed by atoms with Gasteiger partial charge in [-0.2, -0.15) is 0 Å². The number of benzene rings is 2. The van der Waals surface area contributed by atoms with E-state index >= 15 is 0 Å². The van der Waals surface area contributed by atoms with Crippen molar-refractivity contribution in [3.63, 3.8) is 0 Å². The number of carbonyl (C=O) groups is 1. The maximum atomic E-state index is 13.7. The van der Waals surface area contributed by atoms with Crippen LogP contribution in [0.2, 0.25) is 5.02 Å². The van der Waals surface area contributed by atoms with E-state index in [-0.39, 0.29) is 12.2 Å². The maximum absolute atomic E-state index is 13.7. The van der Waals surface area contributed by atoms with Gasteiger partial charge in [-0.15, -0.1) is 0 Å². The molecule has 20 heavy (non-hydrogen) atoms. The Morgan fingerprint density at radius 3 is 2.75 bits per heavy atom. The molecule has 5 heteroatoms. The van der Waals surface area contributed by atoms with Crippen LogP contribution in [0.5, 0.6) is 11.5 Å². The molecule has 0 aliphatic heterocycles. The molecule has 3 nitrogen and oxygen atoms in total. The fourth-order valence-electron chi connectivity index (χ4n) is 1.69. The lowest BCUT2D eigenvalue weighted by Gasteiger charge is -2.10. The Labute approximate surface area is 120 Å². The van der Waals surface area contributed by atoms with Gasteiger partial charge >= 0.3 is 0 Å². The minimum Gasteiger partial charge on any atom is -0.497 e. The van der Waals surface area contributed by atoms with Crippen LogP contribution in [0.25, 0.3) is 0 Å². The van der Waals surface area contributed by atoms with Crippen LogP contribution in [-0.2, 0) is 6.61 Å². The van der Waals surface area contributed by atoms with Crippen LogP contribution in [0.4, 0.5) is 4.39 Å². The molecule has 2 rings (SSSR count). The van der Waals surface area contributed by atoms with Gasteiger partial charge in [-0.25, -0.2) is 4.39 Å². The number of methoxy groups -OCH3 is 1. The number of ether oxygens (including phenoxy) is 2. The van der Waals surface area contributed by atoms with E-state index in [9.17, 15) is 9.18 Å². The molecule has 0 saturated carbocycles. The summed E-state index contributed by atoms with van der Waals surface area (Å²) >= 11 is 5.88. The van der Waals surface area contributed by atoms with Crippen LogP contribution < -0.4 is 9.47 Å². The first-order valence-electron chi connectivity index (χ1n) is 5.84. The molecule has 0 heterocycles. The van der Waals surface area contributed by atoms with E-state index in [1.807, 2.05) is 0 Å². The molecule has 0 aliphatic rings. The second-order valence-electron chi connectivity index (χ2n) is 4.02. The lowest BCUT2D eigenvalue weighted by Crippen LogP contribution is -2.01. The topological polar surface area (TPSA) is 35.5 Å². The summed E-state index contributed by atoms with van der Waals surface area (Å²) in [7, 11) is 1.47. The van der Waals surface area contributed by atoms with E-state index in [2.05, 4.69) is 0 Å². The standard InChI is InChI=1S/C15H12ClFO3/c1-19-11-6-5-10(14(17)7-11)9-20-15-4-2-3-13(16)12(15)8-18/h2-8H,9H2,1H3. The second kappa shape index (κ2) is 6.39. The van der Waals surface area contributed by atoms with Crippen molar-refractivity contribution in [3.8, 4) is 11.5 Å². The average Bonchev–Trinajstić information content (AvgIpc) is 2.46. The van der Waals surface area contributed by atoms with Crippen molar-refractivity contribution in [2.24, 2.45) is 0 Å². The minimum absolute atomic E-state index is 0.00297. The quantitative estimate of drug-likeness (QED) is 0.785. The summed E-state index contributed by atoms with van der Waals surface area (Å²) in [6.45, 7) is -0.00297. The molecule has 0 saturated heterocycles. The van der Waals surface area contributed by atoms with Crippen LogP contribution in [0.1, 0.15) is 15.9 Å². The molecule has 0 unspecified atom stereocenters. The van der Waals surface area contributed by atoms with Crippen LogP contribution >= 0.6 is 11.6 Å². The van der Waals surface area contributed by atoms with Crippen molar-refractivity contribution in [3.05, 3.63) is 58.4 Å². The van der Waals surface area contributed by atoms with E-state index in [0.717, 1.165) is 0 Å². The van der Waals surface area contributed by atoms with Gasteiger partial charge in [0.25, 0.3) is 0 Å². The number of rotatable bonds is 5. The Bertz CT molecular complexity index is 629. The Kier molecular flexibility index (Phi) is 4.58. The van der Waals surface area contributed by atoms with Crippen molar-refractivity contribution in [2.75, 3.05) is 7.11 Å². The molecule has 0 aliphatic carbocycles. The zero-order valence-corrected chi connectivity index (χ0v) is 11.5. The summed E-state index contributed by atoms with van der Waals surface area (Å²) in [5.74, 6) is 0.323. The molecule has 0 spiro atoms. The van der Waals surface area contributed by atoms with E-state index in [4.69, 9.17) is 21.1 Å². The highest BCUT2D eigenvalue weighted by atomic mass is 35.5. The summed E-state index contributed by atoms with van der Waals surface area (Å²) in [4.78, 5) is 11.0. The minimum atomic E-state index is -0.431. The molecule has 104 valence electrons. The van der Waals surface area contributed by atoms with Gasteiger partial charge in [0.2, 0.25) is 0 Å². The highest BCUT2D eigenvalue weighted by molar-refractivity contribution is 6.33. The zero-order valence-electron chi connectivity index (χ0n) is 10.7. The van der Waals surface area contributed by atoms with E-state index in [1.54, 1.807) is 30.3 Å². The molecule has 0 N–H and O–H groups in total. The lowest BCUT2D eigenvalue weighted by molar-refractivity contribution is 0.111. The van der Waals surface area contributed by atoms with Crippen molar-refractivity contribution in [1.29, 1.82) is 0 Å². The molecule has 0 fully saturated rings. The van der Waals surface area contributed by atoms with Crippen molar-refractivity contribution in [1.82, 2.24) is 0 Å². The van der Waals surface area contributed by atoms with Gasteiger partial charge in [-0.3, -0.25) is 4.79 Å². The van der Waals surface area contributed by atoms with Gasteiger partial charge in [-0.1, -0.05) is 17.7 Å². The average molecular weight is 295 g/mol. The zero-order chi connectivity index (χ0) is 14.5. The first-order chi connectivity index (χ1) is 9.65. The van der Waals surface area contributed by atoms with Gasteiger partial charge < -0.3 is 9.47 Å². The third-order valence-corrected chi connectivity index (χ3v) is 3.10. The molecule has 0 aromatic heterocycles. The molecule has 0 bridgehead atoms. The Morgan fingerprint density at radius 2 is 2.10 bits per heavy atom. The Hall–Kier alpha value is -2.07. The predicted molar refractivity (Wildman–Crippen MR) is 74.1 cm³/mol. The molecule has 2 aromatic rings. The van der Waals surface area contributed by atoms with E-state index in [1.165, 1.54) is 13.2 Å². The third kappa shape index (κ3) is 3.08. The third-order valence-electron chi connectivity index (χ3n) is 2.77. The van der Waals surface area contributed by atoms with Gasteiger partial charge in [-0.05, 0) is 24.3 Å². The van der Waals surface area contributed by atoms with Gasteiger partial charge in [0.05, 0.1) is 17.7 Å². The SMILES string of the molecule is COc1ccc(COc2cccc(Cl)c2C=O)c(F)c1. The molecular weight excluding hydrogens is 283 g/mol. The summed E-state index contributed by atoms with van der Waals surface area (Å²) in [6, 6.07) is 9.34. The summed E-state index contributed by atoms with van der Waals surface area (Å²) in [5.41, 5.74) is 0.616. The highest BCUT2D eigenvalue weighted by Gasteiger charge is 2.09. The van der Waals surface area contributed by atoms with Gasteiger partial charge in [0, 0.05) is 11.6 Å². The number of hydrogen-bond donors (Lipinski definition) is 0. The molecule has 2 aromatic carbocycles. The molecule has 0 atom stereocenters. The van der Waals surface area contributed by atoms with E-state index in [0.29, 0.717) is 28.4 Å². The van der Waals surface area contributed by atoms with Crippen LogP contribution in [-0.4, -0.2) is 13.4 Å². The van der Waals surface area contributed by atoms with Crippen LogP contribution in [0.15, 0.2) is 36.4 Å². The monoisotopic (exact) mass is 294 g/mol. The van der Waals surface area contributed by atoms with Crippen LogP contribution in [0.3, 0.4) is 0 Å². The van der Waals surface area contributed by atoms with Crippen LogP contribution in [0, 0.1) is 5.82 Å². The van der Waals surface area contributed by atoms with Crippen molar-refractivity contribution in [2.45, 2.75) is 6.61 Å². The molecular formula is C15H12ClFO3. The predicted octanol–water partition coefficient (Wildman–Crippen LogP) is 3.88. The summed E-state index contributed by atoms with van der Waals surface area (Å²) in [5, 5.41) is 0.299. The molecule has 0 amide bonds. The molecule has 0 radical (unpaired) electrons. The highest BCUT2D eigenvalue weighted by Crippen LogP contribution is 2.26. The number of hydrogen-bond acceptors (Lipinski definition) is 3. The Morgan fingerprint density at radius 1 is 1.30 bits per heavy atom. The number of aldehydes is 1. The van der Waals surface area contributed by atoms with Crippen molar-refractivity contribution >= 4 is 17.9 Å². The number of halogens is 2. The second-order valence-corrected chi connectivity index (χ2v) is 4.42. The largest absolute Gasteiger partial charge is 0.497 e. The van der Waals surface area contributed by atoms with Gasteiger partial charge in [0.15, 0.2) is 6.29 Å². The van der Waals surface area contributed by atoms with Crippen molar-refractivity contribution < 1.29 is 18.7 Å². The Balaban J connectivity index is 2.17. The first kappa shape index (κ1) is 14.3. The number of carbonyl (C=O) groups excluding carboxylic acids is 1. The van der Waals surface area contributed by atoms with Gasteiger partial charge in [0.1, 0.15) is 23.9 Å².